The van der Waals surface area contributed by atoms with Crippen molar-refractivity contribution in [3.05, 3.63) is 34.9 Å². The summed E-state index contributed by atoms with van der Waals surface area (Å²) < 4.78 is 10.9. The lowest BCUT2D eigenvalue weighted by molar-refractivity contribution is -0.143. The van der Waals surface area contributed by atoms with Crippen molar-refractivity contribution in [2.75, 3.05) is 13.7 Å². The molecule has 1 atom stereocenters. The molecule has 0 aliphatic rings. The van der Waals surface area contributed by atoms with Gasteiger partial charge in [-0.05, 0) is 30.3 Å². The van der Waals surface area contributed by atoms with Gasteiger partial charge in [0.05, 0.1) is 17.7 Å². The summed E-state index contributed by atoms with van der Waals surface area (Å²) in [6, 6.07) is 5.92. The lowest BCUT2D eigenvalue weighted by atomic mass is 10.1. The summed E-state index contributed by atoms with van der Waals surface area (Å²) in [6.07, 6.45) is 0.343. The highest BCUT2D eigenvalue weighted by Crippen LogP contribution is 2.36. The van der Waals surface area contributed by atoms with Crippen molar-refractivity contribution in [3.8, 4) is 0 Å². The second-order valence-corrected chi connectivity index (χ2v) is 12.6. The van der Waals surface area contributed by atoms with Crippen molar-refractivity contribution < 1.29 is 18.8 Å². The largest absolute Gasteiger partial charge is 0.467 e. The van der Waals surface area contributed by atoms with Gasteiger partial charge in [-0.25, -0.2) is 4.79 Å². The number of carbonyl (C=O) groups excluding carboxylic acids is 2. The molecule has 0 radical (unpaired) electrons. The Hall–Kier alpha value is -1.37. The van der Waals surface area contributed by atoms with Crippen LogP contribution >= 0.6 is 11.6 Å². The van der Waals surface area contributed by atoms with Gasteiger partial charge < -0.3 is 14.5 Å². The fraction of sp³-hybridized carbons (Fsp3) is 0.556. The van der Waals surface area contributed by atoms with E-state index in [0.717, 1.165) is 0 Å². The van der Waals surface area contributed by atoms with Gasteiger partial charge in [-0.2, -0.15) is 0 Å². The topological polar surface area (TPSA) is 64.6 Å². The summed E-state index contributed by atoms with van der Waals surface area (Å²) in [5.41, 5.74) is 0.323. The number of benzene rings is 1. The average Bonchev–Trinajstić information content (AvgIpc) is 2.52. The number of nitrogens with one attached hydrogen (secondary N) is 1. The number of amides is 1. The maximum atomic E-state index is 12.4. The minimum Gasteiger partial charge on any atom is -0.467 e. The van der Waals surface area contributed by atoms with Crippen LogP contribution in [0, 0.1) is 0 Å². The molecule has 140 valence electrons. The Bertz CT molecular complexity index is 613. The van der Waals surface area contributed by atoms with Gasteiger partial charge in [-0.15, -0.1) is 0 Å². The van der Waals surface area contributed by atoms with E-state index in [1.807, 2.05) is 0 Å². The van der Waals surface area contributed by atoms with Crippen LogP contribution in [0.1, 0.15) is 37.6 Å². The van der Waals surface area contributed by atoms with E-state index in [1.165, 1.54) is 7.11 Å². The van der Waals surface area contributed by atoms with Crippen LogP contribution in [-0.4, -0.2) is 40.0 Å². The molecule has 0 aliphatic heterocycles. The van der Waals surface area contributed by atoms with E-state index in [9.17, 15) is 9.59 Å². The first-order valence-electron chi connectivity index (χ1n) is 8.27. The third-order valence-corrected chi connectivity index (χ3v) is 9.45. The van der Waals surface area contributed by atoms with Crippen molar-refractivity contribution in [2.24, 2.45) is 0 Å². The molecule has 0 heterocycles. The lowest BCUT2D eigenvalue weighted by Gasteiger charge is -2.36. The van der Waals surface area contributed by atoms with E-state index in [0.29, 0.717) is 23.6 Å². The molecule has 1 aromatic rings. The van der Waals surface area contributed by atoms with Crippen LogP contribution in [0.15, 0.2) is 24.3 Å². The number of carbonyl (C=O) groups is 2. The van der Waals surface area contributed by atoms with E-state index in [2.05, 4.69) is 39.2 Å². The smallest absolute Gasteiger partial charge is 0.328 e. The predicted molar refractivity (Wildman–Crippen MR) is 102 cm³/mol. The second kappa shape index (κ2) is 8.83. The Morgan fingerprint density at radius 1 is 1.24 bits per heavy atom. The van der Waals surface area contributed by atoms with Gasteiger partial charge in [-0.3, -0.25) is 4.79 Å². The highest BCUT2D eigenvalue weighted by atomic mass is 35.5. The molecular formula is C18H28ClNO4Si. The summed E-state index contributed by atoms with van der Waals surface area (Å²) in [5, 5.41) is 3.10. The highest BCUT2D eigenvalue weighted by molar-refractivity contribution is 6.74. The van der Waals surface area contributed by atoms with Crippen LogP contribution in [0.2, 0.25) is 23.2 Å². The summed E-state index contributed by atoms with van der Waals surface area (Å²) in [5.74, 6) is -0.910. The number of ether oxygens (including phenoxy) is 1. The molecule has 5 nitrogen and oxygen atoms in total. The van der Waals surface area contributed by atoms with Gasteiger partial charge in [0.1, 0.15) is 6.04 Å². The number of halogens is 1. The Kier molecular flexibility index (Phi) is 7.65. The predicted octanol–water partition coefficient (Wildman–Crippen LogP) is 4.02. The molecule has 1 aromatic carbocycles. The molecule has 0 saturated carbocycles. The second-order valence-electron chi connectivity index (χ2n) is 7.43. The number of rotatable bonds is 7. The standard InChI is InChI=1S/C18H28ClNO4Si/c1-18(2,3)25(5,6)24-12-11-15(17(22)23-4)20-16(21)13-9-7-8-10-14(13)19/h7-10,15H,11-12H2,1-6H3,(H,20,21)/t15-/m1/s1. The monoisotopic (exact) mass is 385 g/mol. The molecule has 1 N–H and O–H groups in total. The minimum absolute atomic E-state index is 0.0780. The van der Waals surface area contributed by atoms with E-state index in [4.69, 9.17) is 20.8 Å². The van der Waals surface area contributed by atoms with Gasteiger partial charge >= 0.3 is 5.97 Å². The average molecular weight is 386 g/mol. The SMILES string of the molecule is COC(=O)[C@@H](CCO[Si](C)(C)C(C)(C)C)NC(=O)c1ccccc1Cl. The fourth-order valence-electron chi connectivity index (χ4n) is 1.92. The zero-order valence-corrected chi connectivity index (χ0v) is 17.6. The van der Waals surface area contributed by atoms with E-state index in [-0.39, 0.29) is 5.04 Å². The Morgan fingerprint density at radius 3 is 2.36 bits per heavy atom. The summed E-state index contributed by atoms with van der Waals surface area (Å²) in [4.78, 5) is 24.4. The lowest BCUT2D eigenvalue weighted by Crippen LogP contribution is -2.45. The first-order valence-corrected chi connectivity index (χ1v) is 11.6. The molecule has 0 saturated heterocycles. The molecule has 0 aliphatic carbocycles. The summed E-state index contributed by atoms with van der Waals surface area (Å²) >= 11 is 6.03. The normalized spacial score (nSPS) is 13.2. The van der Waals surface area contributed by atoms with Crippen LogP contribution < -0.4 is 5.32 Å². The molecule has 7 heteroatoms. The van der Waals surface area contributed by atoms with Crippen molar-refractivity contribution in [3.63, 3.8) is 0 Å². The molecule has 0 aromatic heterocycles. The Morgan fingerprint density at radius 2 is 1.84 bits per heavy atom. The first kappa shape index (κ1) is 21.7. The van der Waals surface area contributed by atoms with E-state index in [1.54, 1.807) is 24.3 Å². The highest BCUT2D eigenvalue weighted by Gasteiger charge is 2.37. The van der Waals surface area contributed by atoms with Gasteiger partial charge in [-0.1, -0.05) is 44.5 Å². The van der Waals surface area contributed by atoms with Crippen LogP contribution in [-0.2, 0) is 14.0 Å². The van der Waals surface area contributed by atoms with Crippen molar-refractivity contribution >= 4 is 31.8 Å². The van der Waals surface area contributed by atoms with Gasteiger partial charge in [0.2, 0.25) is 0 Å². The van der Waals surface area contributed by atoms with Crippen molar-refractivity contribution in [2.45, 2.75) is 51.4 Å². The van der Waals surface area contributed by atoms with Gasteiger partial charge in [0.15, 0.2) is 8.32 Å². The quantitative estimate of drug-likeness (QED) is 0.568. The van der Waals surface area contributed by atoms with Crippen LogP contribution in [0.5, 0.6) is 0 Å². The van der Waals surface area contributed by atoms with E-state index < -0.39 is 26.2 Å². The zero-order chi connectivity index (χ0) is 19.3. The number of hydrogen-bond donors (Lipinski definition) is 1. The number of methoxy groups -OCH3 is 1. The molecule has 0 spiro atoms. The molecule has 0 fully saturated rings. The maximum Gasteiger partial charge on any atom is 0.328 e. The Labute approximate surface area is 156 Å². The molecule has 1 rings (SSSR count). The third kappa shape index (κ3) is 6.13. The van der Waals surface area contributed by atoms with Crippen molar-refractivity contribution in [1.29, 1.82) is 0 Å². The molecule has 1 amide bonds. The molecule has 0 bridgehead atoms. The first-order chi connectivity index (χ1) is 11.5. The van der Waals surface area contributed by atoms with E-state index >= 15 is 0 Å². The molecular weight excluding hydrogens is 358 g/mol. The summed E-state index contributed by atoms with van der Waals surface area (Å²) in [7, 11) is -0.618. The molecule has 25 heavy (non-hydrogen) atoms. The Balaban J connectivity index is 2.74. The number of hydrogen-bond acceptors (Lipinski definition) is 4. The molecule has 0 unspecified atom stereocenters. The van der Waals surface area contributed by atoms with Crippen LogP contribution in [0.25, 0.3) is 0 Å². The summed E-state index contributed by atoms with van der Waals surface area (Å²) in [6.45, 7) is 11.1. The van der Waals surface area contributed by atoms with Crippen molar-refractivity contribution in [1.82, 2.24) is 5.32 Å². The van der Waals surface area contributed by atoms with Gasteiger partial charge in [0.25, 0.3) is 5.91 Å². The van der Waals surface area contributed by atoms with Gasteiger partial charge in [0, 0.05) is 13.0 Å². The van der Waals surface area contributed by atoms with Crippen LogP contribution in [0.4, 0.5) is 0 Å². The third-order valence-electron chi connectivity index (χ3n) is 4.59. The van der Waals surface area contributed by atoms with Crippen LogP contribution in [0.3, 0.4) is 0 Å². The number of esters is 1. The minimum atomic E-state index is -1.92. The fourth-order valence-corrected chi connectivity index (χ4v) is 3.20. The maximum absolute atomic E-state index is 12.4. The zero-order valence-electron chi connectivity index (χ0n) is 15.8.